The van der Waals surface area contributed by atoms with Crippen molar-refractivity contribution in [3.63, 3.8) is 0 Å². The third-order valence-corrected chi connectivity index (χ3v) is 4.36. The Kier molecular flexibility index (Phi) is 5.69. The molecule has 0 fully saturated rings. The van der Waals surface area contributed by atoms with E-state index in [1.807, 2.05) is 19.1 Å². The van der Waals surface area contributed by atoms with Crippen molar-refractivity contribution in [2.75, 3.05) is 0 Å². The third-order valence-electron chi connectivity index (χ3n) is 3.24. The van der Waals surface area contributed by atoms with Gasteiger partial charge in [0.1, 0.15) is 0 Å². The molecule has 0 amide bonds. The van der Waals surface area contributed by atoms with E-state index >= 15 is 0 Å². The number of halogens is 3. The van der Waals surface area contributed by atoms with Crippen LogP contribution in [-0.4, -0.2) is 17.9 Å². The Morgan fingerprint density at radius 2 is 1.52 bits per heavy atom. The Labute approximate surface area is 149 Å². The molecule has 0 aromatic heterocycles. The number of hydrogen-bond acceptors (Lipinski definition) is 3. The molecule has 6 heteroatoms. The fraction of sp³-hybridized carbons (Fsp3) is 0.176. The molecule has 2 rings (SSSR count). The Bertz CT molecular complexity index is 754. The normalized spacial score (nSPS) is 11.9. The predicted molar refractivity (Wildman–Crippen MR) is 91.9 cm³/mol. The highest BCUT2D eigenvalue weighted by atomic mass is 35.5. The van der Waals surface area contributed by atoms with E-state index in [9.17, 15) is 9.59 Å². The summed E-state index contributed by atoms with van der Waals surface area (Å²) >= 11 is 17.8. The number of ether oxygens (including phenoxy) is 1. The van der Waals surface area contributed by atoms with Gasteiger partial charge in [-0.15, -0.1) is 0 Å². The molecule has 0 unspecified atom stereocenters. The zero-order valence-electron chi connectivity index (χ0n) is 12.4. The van der Waals surface area contributed by atoms with Crippen LogP contribution in [0.4, 0.5) is 0 Å². The molecule has 0 aliphatic carbocycles. The van der Waals surface area contributed by atoms with Crippen LogP contribution < -0.4 is 0 Å². The van der Waals surface area contributed by atoms with Gasteiger partial charge in [-0.2, -0.15) is 0 Å². The quantitative estimate of drug-likeness (QED) is 0.411. The zero-order chi connectivity index (χ0) is 17.1. The van der Waals surface area contributed by atoms with Gasteiger partial charge in [0.25, 0.3) is 0 Å². The number of rotatable bonds is 4. The van der Waals surface area contributed by atoms with Gasteiger partial charge in [-0.25, -0.2) is 4.79 Å². The Morgan fingerprint density at radius 1 is 0.957 bits per heavy atom. The molecule has 0 saturated carbocycles. The van der Waals surface area contributed by atoms with Crippen molar-refractivity contribution in [3.05, 3.63) is 68.2 Å². The molecular weight excluding hydrogens is 359 g/mol. The van der Waals surface area contributed by atoms with E-state index in [2.05, 4.69) is 0 Å². The number of benzene rings is 2. The molecule has 1 atom stereocenters. The van der Waals surface area contributed by atoms with Gasteiger partial charge < -0.3 is 4.74 Å². The van der Waals surface area contributed by atoms with E-state index in [0.29, 0.717) is 5.56 Å². The Morgan fingerprint density at radius 3 is 2.13 bits per heavy atom. The lowest BCUT2D eigenvalue weighted by atomic mass is 10.1. The molecule has 0 N–H and O–H groups in total. The molecule has 2 aromatic rings. The molecule has 3 nitrogen and oxygen atoms in total. The van der Waals surface area contributed by atoms with Gasteiger partial charge in [0.15, 0.2) is 6.10 Å². The van der Waals surface area contributed by atoms with E-state index < -0.39 is 12.1 Å². The molecule has 0 aliphatic heterocycles. The van der Waals surface area contributed by atoms with Crippen LogP contribution in [0.25, 0.3) is 0 Å². The van der Waals surface area contributed by atoms with Gasteiger partial charge in [0.05, 0.1) is 20.6 Å². The largest absolute Gasteiger partial charge is 0.451 e. The van der Waals surface area contributed by atoms with Crippen molar-refractivity contribution in [3.8, 4) is 0 Å². The molecule has 0 aliphatic rings. The minimum absolute atomic E-state index is 0.000786. The predicted octanol–water partition coefficient (Wildman–Crippen LogP) is 5.38. The zero-order valence-corrected chi connectivity index (χ0v) is 14.7. The van der Waals surface area contributed by atoms with Crippen molar-refractivity contribution in [2.45, 2.75) is 20.0 Å². The van der Waals surface area contributed by atoms with Crippen LogP contribution in [-0.2, 0) is 4.74 Å². The summed E-state index contributed by atoms with van der Waals surface area (Å²) in [5.74, 6) is -1.11. The molecule has 0 heterocycles. The third kappa shape index (κ3) is 4.05. The first-order valence-corrected chi connectivity index (χ1v) is 7.90. The van der Waals surface area contributed by atoms with Crippen LogP contribution in [0.3, 0.4) is 0 Å². The Hall–Kier alpha value is -1.55. The number of carbonyl (C=O) groups is 2. The SMILES string of the molecule is Cc1ccc(C(=O)[C@H](C)OC(=O)c2c(Cl)ccc(Cl)c2Cl)cc1. The smallest absolute Gasteiger partial charge is 0.341 e. The Balaban J connectivity index is 2.18. The molecule has 0 spiro atoms. The summed E-state index contributed by atoms with van der Waals surface area (Å²) in [7, 11) is 0. The summed E-state index contributed by atoms with van der Waals surface area (Å²) in [4.78, 5) is 24.5. The number of hydrogen-bond donors (Lipinski definition) is 0. The monoisotopic (exact) mass is 370 g/mol. The summed E-state index contributed by atoms with van der Waals surface area (Å²) in [6, 6.07) is 9.91. The van der Waals surface area contributed by atoms with E-state index in [1.165, 1.54) is 19.1 Å². The van der Waals surface area contributed by atoms with E-state index in [1.54, 1.807) is 12.1 Å². The summed E-state index contributed by atoms with van der Waals surface area (Å²) in [6.07, 6.45) is -0.976. The maximum absolute atomic E-state index is 12.3. The van der Waals surface area contributed by atoms with Crippen molar-refractivity contribution in [2.24, 2.45) is 0 Å². The number of ketones is 1. The summed E-state index contributed by atoms with van der Waals surface area (Å²) in [5.41, 5.74) is 1.44. The molecule has 120 valence electrons. The van der Waals surface area contributed by atoms with Crippen LogP contribution in [0, 0.1) is 6.92 Å². The lowest BCUT2D eigenvalue weighted by molar-refractivity contribution is 0.0319. The molecule has 2 aromatic carbocycles. The second-order valence-electron chi connectivity index (χ2n) is 5.00. The average Bonchev–Trinajstić information content (AvgIpc) is 2.51. The first kappa shape index (κ1) is 17.8. The fourth-order valence-corrected chi connectivity index (χ4v) is 2.62. The highest BCUT2D eigenvalue weighted by molar-refractivity contribution is 6.46. The molecule has 0 saturated heterocycles. The lowest BCUT2D eigenvalue weighted by Gasteiger charge is -2.14. The van der Waals surface area contributed by atoms with Crippen LogP contribution in [0.15, 0.2) is 36.4 Å². The van der Waals surface area contributed by atoms with Gasteiger partial charge in [0.2, 0.25) is 5.78 Å². The highest BCUT2D eigenvalue weighted by Crippen LogP contribution is 2.32. The van der Waals surface area contributed by atoms with E-state index in [0.717, 1.165) is 5.56 Å². The second kappa shape index (κ2) is 7.35. The first-order chi connectivity index (χ1) is 10.8. The second-order valence-corrected chi connectivity index (χ2v) is 6.19. The topological polar surface area (TPSA) is 43.4 Å². The van der Waals surface area contributed by atoms with Gasteiger partial charge in [-0.3, -0.25) is 4.79 Å². The van der Waals surface area contributed by atoms with Crippen LogP contribution in [0.2, 0.25) is 15.1 Å². The number of Topliss-reactive ketones (excluding diaryl/α,β-unsaturated/α-hetero) is 1. The average molecular weight is 372 g/mol. The number of esters is 1. The van der Waals surface area contributed by atoms with E-state index in [4.69, 9.17) is 39.5 Å². The van der Waals surface area contributed by atoms with Gasteiger partial charge >= 0.3 is 5.97 Å². The molecular formula is C17H13Cl3O3. The maximum Gasteiger partial charge on any atom is 0.341 e. The molecule has 0 bridgehead atoms. The molecule has 0 radical (unpaired) electrons. The number of carbonyl (C=O) groups excluding carboxylic acids is 2. The lowest BCUT2D eigenvalue weighted by Crippen LogP contribution is -2.24. The van der Waals surface area contributed by atoms with Crippen LogP contribution in [0.1, 0.15) is 33.2 Å². The molecule has 23 heavy (non-hydrogen) atoms. The summed E-state index contributed by atoms with van der Waals surface area (Å²) in [5, 5.41) is 0.291. The summed E-state index contributed by atoms with van der Waals surface area (Å²) < 4.78 is 5.18. The fourth-order valence-electron chi connectivity index (χ4n) is 1.94. The van der Waals surface area contributed by atoms with Crippen LogP contribution in [0.5, 0.6) is 0 Å². The minimum atomic E-state index is -0.976. The van der Waals surface area contributed by atoms with Gasteiger partial charge in [0, 0.05) is 5.56 Å². The van der Waals surface area contributed by atoms with Crippen molar-refractivity contribution >= 4 is 46.6 Å². The van der Waals surface area contributed by atoms with Crippen molar-refractivity contribution < 1.29 is 14.3 Å². The highest BCUT2D eigenvalue weighted by Gasteiger charge is 2.24. The summed E-state index contributed by atoms with van der Waals surface area (Å²) in [6.45, 7) is 3.41. The van der Waals surface area contributed by atoms with Gasteiger partial charge in [-0.1, -0.05) is 64.6 Å². The standard InChI is InChI=1S/C17H13Cl3O3/c1-9-3-5-11(6-4-9)16(21)10(2)23-17(22)14-12(18)7-8-13(19)15(14)20/h3-8,10H,1-2H3/t10-/m0/s1. The minimum Gasteiger partial charge on any atom is -0.451 e. The van der Waals surface area contributed by atoms with Crippen molar-refractivity contribution in [1.82, 2.24) is 0 Å². The first-order valence-electron chi connectivity index (χ1n) is 6.76. The van der Waals surface area contributed by atoms with Crippen LogP contribution >= 0.6 is 34.8 Å². The maximum atomic E-state index is 12.3. The van der Waals surface area contributed by atoms with Gasteiger partial charge in [-0.05, 0) is 26.0 Å². The number of aryl methyl sites for hydroxylation is 1. The van der Waals surface area contributed by atoms with E-state index in [-0.39, 0.29) is 26.4 Å². The van der Waals surface area contributed by atoms with Crippen molar-refractivity contribution in [1.29, 1.82) is 0 Å².